The first-order valence-corrected chi connectivity index (χ1v) is 7.82. The van der Waals surface area contributed by atoms with Crippen LogP contribution in [0.2, 0.25) is 5.02 Å². The average Bonchev–Trinajstić information content (AvgIpc) is 2.58. The lowest BCUT2D eigenvalue weighted by atomic mass is 10.1. The van der Waals surface area contributed by atoms with E-state index in [4.69, 9.17) is 21.1 Å². The van der Waals surface area contributed by atoms with Crippen molar-refractivity contribution in [2.45, 2.75) is 13.8 Å². The number of methoxy groups -OCH3 is 1. The van der Waals surface area contributed by atoms with E-state index in [2.05, 4.69) is 5.32 Å². The molecule has 25 heavy (non-hydrogen) atoms. The van der Waals surface area contributed by atoms with Gasteiger partial charge in [-0.05, 0) is 32.0 Å². The zero-order valence-electron chi connectivity index (χ0n) is 14.0. The zero-order valence-corrected chi connectivity index (χ0v) is 14.7. The van der Waals surface area contributed by atoms with Gasteiger partial charge in [-0.25, -0.2) is 0 Å². The fraction of sp³-hybridized carbons (Fsp3) is 0.235. The van der Waals surface area contributed by atoms with Crippen LogP contribution in [0.3, 0.4) is 0 Å². The number of anilines is 1. The summed E-state index contributed by atoms with van der Waals surface area (Å²) in [6.07, 6.45) is 0. The highest BCUT2D eigenvalue weighted by Crippen LogP contribution is 2.36. The molecule has 7 nitrogen and oxygen atoms in total. The quantitative estimate of drug-likeness (QED) is 0.612. The molecule has 0 spiro atoms. The van der Waals surface area contributed by atoms with Crippen LogP contribution in [0.1, 0.15) is 22.8 Å². The Hall–Kier alpha value is -2.80. The van der Waals surface area contributed by atoms with Crippen LogP contribution in [-0.4, -0.2) is 24.5 Å². The van der Waals surface area contributed by atoms with Gasteiger partial charge in [0.05, 0.1) is 34.9 Å². The van der Waals surface area contributed by atoms with Crippen molar-refractivity contribution >= 4 is 28.9 Å². The van der Waals surface area contributed by atoms with E-state index in [1.54, 1.807) is 13.0 Å². The average molecular weight is 365 g/mol. The van der Waals surface area contributed by atoms with Gasteiger partial charge < -0.3 is 14.8 Å². The van der Waals surface area contributed by atoms with Crippen LogP contribution < -0.4 is 14.8 Å². The summed E-state index contributed by atoms with van der Waals surface area (Å²) in [5.41, 5.74) is 0.893. The third-order valence-corrected chi connectivity index (χ3v) is 3.81. The van der Waals surface area contributed by atoms with Crippen LogP contribution in [0.5, 0.6) is 11.5 Å². The van der Waals surface area contributed by atoms with E-state index in [9.17, 15) is 14.9 Å². The first-order chi connectivity index (χ1) is 11.9. The number of amides is 1. The second kappa shape index (κ2) is 7.85. The van der Waals surface area contributed by atoms with Crippen LogP contribution in [0.25, 0.3) is 0 Å². The molecule has 0 unspecified atom stereocenters. The molecule has 0 aliphatic carbocycles. The second-order valence-electron chi connectivity index (χ2n) is 5.08. The fourth-order valence-corrected chi connectivity index (χ4v) is 2.55. The highest BCUT2D eigenvalue weighted by atomic mass is 35.5. The van der Waals surface area contributed by atoms with Gasteiger partial charge in [0.1, 0.15) is 0 Å². The van der Waals surface area contributed by atoms with E-state index in [0.29, 0.717) is 29.4 Å². The molecule has 0 heterocycles. The molecule has 8 heteroatoms. The summed E-state index contributed by atoms with van der Waals surface area (Å²) in [6.45, 7) is 3.77. The molecule has 1 amide bonds. The highest BCUT2D eigenvalue weighted by molar-refractivity contribution is 6.32. The van der Waals surface area contributed by atoms with Gasteiger partial charge in [0, 0.05) is 11.6 Å². The minimum absolute atomic E-state index is 0.0693. The molecule has 132 valence electrons. The Morgan fingerprint density at radius 3 is 2.68 bits per heavy atom. The Balaban J connectivity index is 2.35. The molecule has 0 aliphatic rings. The molecule has 2 aromatic rings. The summed E-state index contributed by atoms with van der Waals surface area (Å²) < 4.78 is 10.6. The highest BCUT2D eigenvalue weighted by Gasteiger charge is 2.18. The van der Waals surface area contributed by atoms with Crippen LogP contribution >= 0.6 is 11.6 Å². The van der Waals surface area contributed by atoms with E-state index in [-0.39, 0.29) is 16.3 Å². The number of ether oxygens (including phenoxy) is 2. The van der Waals surface area contributed by atoms with E-state index in [1.165, 1.54) is 31.4 Å². The van der Waals surface area contributed by atoms with E-state index >= 15 is 0 Å². The number of nitro benzene ring substituents is 1. The Morgan fingerprint density at radius 2 is 2.08 bits per heavy atom. The molecule has 2 aromatic carbocycles. The number of hydrogen-bond donors (Lipinski definition) is 1. The number of nitrogens with zero attached hydrogens (tertiary/aromatic N) is 1. The number of carbonyl (C=O) groups excluding carboxylic acids is 1. The maximum Gasteiger partial charge on any atom is 0.274 e. The predicted octanol–water partition coefficient (Wildman–Crippen LogP) is 4.22. The minimum Gasteiger partial charge on any atom is -0.493 e. The van der Waals surface area contributed by atoms with Crippen molar-refractivity contribution in [3.63, 3.8) is 0 Å². The van der Waals surface area contributed by atoms with Crippen LogP contribution in [0, 0.1) is 17.0 Å². The van der Waals surface area contributed by atoms with Crippen molar-refractivity contribution in [1.29, 1.82) is 0 Å². The van der Waals surface area contributed by atoms with Gasteiger partial charge in [-0.15, -0.1) is 0 Å². The largest absolute Gasteiger partial charge is 0.493 e. The number of carbonyl (C=O) groups is 1. The van der Waals surface area contributed by atoms with Gasteiger partial charge in [-0.1, -0.05) is 17.7 Å². The number of benzene rings is 2. The molecule has 0 atom stereocenters. The maximum absolute atomic E-state index is 12.5. The van der Waals surface area contributed by atoms with E-state index in [0.717, 1.165) is 0 Å². The van der Waals surface area contributed by atoms with Crippen LogP contribution in [-0.2, 0) is 0 Å². The van der Waals surface area contributed by atoms with Crippen LogP contribution in [0.4, 0.5) is 11.4 Å². The van der Waals surface area contributed by atoms with Gasteiger partial charge in [-0.2, -0.15) is 0 Å². The lowest BCUT2D eigenvalue weighted by molar-refractivity contribution is -0.385. The summed E-state index contributed by atoms with van der Waals surface area (Å²) >= 11 is 6.16. The fourth-order valence-electron chi connectivity index (χ4n) is 2.29. The Labute approximate surface area is 149 Å². The van der Waals surface area contributed by atoms with Crippen molar-refractivity contribution in [2.24, 2.45) is 0 Å². The summed E-state index contributed by atoms with van der Waals surface area (Å²) in [4.78, 5) is 23.0. The molecule has 0 saturated carbocycles. The smallest absolute Gasteiger partial charge is 0.274 e. The minimum atomic E-state index is -0.498. The first-order valence-electron chi connectivity index (χ1n) is 7.44. The standard InChI is InChI=1S/C17H17ClN2O5/c1-4-25-16-12(18)8-11(9-15(16)24-3)17(21)19-13-6-5-7-14(10(13)2)20(22)23/h5-9H,4H2,1-3H3,(H,19,21). The van der Waals surface area contributed by atoms with Crippen LogP contribution in [0.15, 0.2) is 30.3 Å². The van der Waals surface area contributed by atoms with Crippen molar-refractivity contribution in [3.05, 3.63) is 56.6 Å². The maximum atomic E-state index is 12.5. The van der Waals surface area contributed by atoms with Crippen molar-refractivity contribution in [1.82, 2.24) is 0 Å². The molecule has 0 radical (unpaired) electrons. The van der Waals surface area contributed by atoms with Crippen molar-refractivity contribution < 1.29 is 19.2 Å². The second-order valence-corrected chi connectivity index (χ2v) is 5.49. The van der Waals surface area contributed by atoms with Gasteiger partial charge in [0.2, 0.25) is 0 Å². The number of halogens is 1. The van der Waals surface area contributed by atoms with Gasteiger partial charge in [0.15, 0.2) is 11.5 Å². The van der Waals surface area contributed by atoms with Gasteiger partial charge in [-0.3, -0.25) is 14.9 Å². The summed E-state index contributed by atoms with van der Waals surface area (Å²) in [5.74, 6) is 0.219. The normalized spacial score (nSPS) is 10.2. The summed E-state index contributed by atoms with van der Waals surface area (Å²) in [7, 11) is 1.45. The molecule has 0 aromatic heterocycles. The summed E-state index contributed by atoms with van der Waals surface area (Å²) in [6, 6.07) is 7.43. The third-order valence-electron chi connectivity index (χ3n) is 3.53. The Morgan fingerprint density at radius 1 is 1.36 bits per heavy atom. The number of nitro groups is 1. The number of rotatable bonds is 6. The summed E-state index contributed by atoms with van der Waals surface area (Å²) in [5, 5.41) is 13.9. The molecule has 2 rings (SSSR count). The SMILES string of the molecule is CCOc1c(Cl)cc(C(=O)Nc2cccc([N+](=O)[O-])c2C)cc1OC. The van der Waals surface area contributed by atoms with Gasteiger partial charge >= 0.3 is 0 Å². The topological polar surface area (TPSA) is 90.7 Å². The molecule has 0 fully saturated rings. The Kier molecular flexibility index (Phi) is 5.82. The van der Waals surface area contributed by atoms with Crippen molar-refractivity contribution in [2.75, 3.05) is 19.0 Å². The lowest BCUT2D eigenvalue weighted by Gasteiger charge is -2.14. The number of nitrogens with one attached hydrogen (secondary N) is 1. The third kappa shape index (κ3) is 4.00. The molecular weight excluding hydrogens is 348 g/mol. The van der Waals surface area contributed by atoms with E-state index in [1.807, 2.05) is 6.92 Å². The Bertz CT molecular complexity index is 823. The monoisotopic (exact) mass is 364 g/mol. The molecule has 1 N–H and O–H groups in total. The number of hydrogen-bond acceptors (Lipinski definition) is 5. The molecule has 0 saturated heterocycles. The molecule has 0 bridgehead atoms. The lowest BCUT2D eigenvalue weighted by Crippen LogP contribution is -2.13. The van der Waals surface area contributed by atoms with E-state index < -0.39 is 10.8 Å². The predicted molar refractivity (Wildman–Crippen MR) is 95.0 cm³/mol. The first kappa shape index (κ1) is 18.5. The van der Waals surface area contributed by atoms with Crippen molar-refractivity contribution in [3.8, 4) is 11.5 Å². The van der Waals surface area contributed by atoms with Gasteiger partial charge in [0.25, 0.3) is 11.6 Å². The molecular formula is C17H17ClN2O5. The zero-order chi connectivity index (χ0) is 18.6. The molecule has 0 aliphatic heterocycles.